The molecule has 0 saturated carbocycles. The Hall–Kier alpha value is -4.37. The molecule has 1 aromatic heterocycles. The minimum atomic E-state index is 0.0901. The molecule has 0 unspecified atom stereocenters. The highest BCUT2D eigenvalue weighted by atomic mass is 16.5. The summed E-state index contributed by atoms with van der Waals surface area (Å²) in [6, 6.07) is 19.3. The Kier molecular flexibility index (Phi) is 7.04. The van der Waals surface area contributed by atoms with Crippen molar-refractivity contribution in [1.82, 2.24) is 4.98 Å². The van der Waals surface area contributed by atoms with Crippen LogP contribution in [0.25, 0.3) is 15.7 Å². The molecule has 4 aromatic rings. The van der Waals surface area contributed by atoms with Crippen molar-refractivity contribution in [3.63, 3.8) is 0 Å². The van der Waals surface area contributed by atoms with Gasteiger partial charge in [0.15, 0.2) is 0 Å². The Bertz CT molecular complexity index is 1340. The lowest BCUT2D eigenvalue weighted by atomic mass is 10.0. The van der Waals surface area contributed by atoms with E-state index in [-0.39, 0.29) is 11.5 Å². The van der Waals surface area contributed by atoms with Crippen LogP contribution in [0.4, 0.5) is 5.69 Å². The number of benzene rings is 3. The zero-order valence-electron chi connectivity index (χ0n) is 18.8. The summed E-state index contributed by atoms with van der Waals surface area (Å²) in [5.74, 6) is 2.01. The van der Waals surface area contributed by atoms with Crippen molar-refractivity contribution < 1.29 is 19.4 Å². The van der Waals surface area contributed by atoms with Gasteiger partial charge in [-0.15, -0.1) is 0 Å². The van der Waals surface area contributed by atoms with Crippen LogP contribution in [-0.2, 0) is 17.6 Å². The highest BCUT2D eigenvalue weighted by Crippen LogP contribution is 2.37. The molecule has 0 amide bonds. The van der Waals surface area contributed by atoms with Crippen LogP contribution in [-0.4, -0.2) is 22.5 Å². The van der Waals surface area contributed by atoms with E-state index in [1.165, 1.54) is 0 Å². The lowest BCUT2D eigenvalue weighted by Gasteiger charge is -2.12. The van der Waals surface area contributed by atoms with Gasteiger partial charge in [-0.3, -0.25) is 9.78 Å². The Morgan fingerprint density at radius 1 is 0.971 bits per heavy atom. The number of ether oxygens (including phenoxy) is 2. The second-order valence-corrected chi connectivity index (χ2v) is 7.91. The second-order valence-electron chi connectivity index (χ2n) is 7.91. The second kappa shape index (κ2) is 10.5. The smallest absolute Gasteiger partial charge is 0.229 e. The van der Waals surface area contributed by atoms with Gasteiger partial charge in [-0.05, 0) is 60.0 Å². The maximum atomic E-state index is 12.4. The first-order valence-corrected chi connectivity index (χ1v) is 11.0. The van der Waals surface area contributed by atoms with E-state index in [2.05, 4.69) is 9.83 Å². The Labute approximate surface area is 198 Å². The van der Waals surface area contributed by atoms with Gasteiger partial charge in [-0.25, -0.2) is 4.85 Å². The number of ketones is 1. The summed E-state index contributed by atoms with van der Waals surface area (Å²) in [6.07, 6.45) is 3.14. The number of hydrogen-bond acceptors (Lipinski definition) is 5. The number of carbonyl (C=O) groups excluding carboxylic acids is 1. The quantitative estimate of drug-likeness (QED) is 0.296. The molecule has 0 spiro atoms. The molecule has 0 aliphatic carbocycles. The van der Waals surface area contributed by atoms with Crippen LogP contribution < -0.4 is 9.47 Å². The molecule has 0 radical (unpaired) electrons. The van der Waals surface area contributed by atoms with E-state index in [0.717, 1.165) is 22.9 Å². The molecule has 34 heavy (non-hydrogen) atoms. The van der Waals surface area contributed by atoms with Gasteiger partial charge in [0.25, 0.3) is 0 Å². The Balaban J connectivity index is 1.47. The van der Waals surface area contributed by atoms with Crippen molar-refractivity contribution in [2.24, 2.45) is 0 Å². The molecule has 6 nitrogen and oxygen atoms in total. The highest BCUT2D eigenvalue weighted by molar-refractivity contribution is 5.91. The van der Waals surface area contributed by atoms with E-state index >= 15 is 0 Å². The van der Waals surface area contributed by atoms with Gasteiger partial charge in [0.2, 0.25) is 5.69 Å². The lowest BCUT2D eigenvalue weighted by molar-refractivity contribution is -0.117. The van der Waals surface area contributed by atoms with Gasteiger partial charge in [-0.2, -0.15) is 0 Å². The van der Waals surface area contributed by atoms with E-state index in [4.69, 9.17) is 16.0 Å². The predicted molar refractivity (Wildman–Crippen MR) is 131 cm³/mol. The van der Waals surface area contributed by atoms with Gasteiger partial charge in [0, 0.05) is 24.4 Å². The minimum Gasteiger partial charge on any atom is -0.508 e. The van der Waals surface area contributed by atoms with Gasteiger partial charge >= 0.3 is 0 Å². The number of aromatic nitrogens is 1. The van der Waals surface area contributed by atoms with Crippen LogP contribution >= 0.6 is 0 Å². The first kappa shape index (κ1) is 22.8. The van der Waals surface area contributed by atoms with E-state index in [9.17, 15) is 9.90 Å². The highest BCUT2D eigenvalue weighted by Gasteiger charge is 2.12. The first-order valence-electron chi connectivity index (χ1n) is 11.0. The molecule has 0 fully saturated rings. The maximum Gasteiger partial charge on any atom is 0.229 e. The number of phenolic OH excluding ortho intramolecular Hbond substituents is 1. The van der Waals surface area contributed by atoms with Crippen molar-refractivity contribution in [2.75, 3.05) is 6.61 Å². The van der Waals surface area contributed by atoms with Crippen LogP contribution in [0.2, 0.25) is 0 Å². The summed E-state index contributed by atoms with van der Waals surface area (Å²) in [5.41, 5.74) is 2.87. The predicted octanol–water partition coefficient (Wildman–Crippen LogP) is 6.43. The number of nitrogens with zero attached hydrogens (tertiary/aromatic N) is 2. The number of hydrogen-bond donors (Lipinski definition) is 1. The first-order chi connectivity index (χ1) is 16.6. The molecule has 0 aliphatic heterocycles. The van der Waals surface area contributed by atoms with E-state index in [1.54, 1.807) is 48.7 Å². The van der Waals surface area contributed by atoms with Crippen LogP contribution in [0, 0.1) is 6.57 Å². The van der Waals surface area contributed by atoms with Gasteiger partial charge in [0.1, 0.15) is 28.8 Å². The van der Waals surface area contributed by atoms with Crippen molar-refractivity contribution in [2.45, 2.75) is 26.2 Å². The third-order valence-corrected chi connectivity index (χ3v) is 5.25. The van der Waals surface area contributed by atoms with Crippen LogP contribution in [0.3, 0.4) is 0 Å². The zero-order valence-corrected chi connectivity index (χ0v) is 18.8. The summed E-state index contributed by atoms with van der Waals surface area (Å²) in [5, 5.41) is 10.1. The molecule has 1 N–H and O–H groups in total. The third kappa shape index (κ3) is 5.51. The fourth-order valence-electron chi connectivity index (χ4n) is 3.57. The van der Waals surface area contributed by atoms with Crippen molar-refractivity contribution in [3.8, 4) is 23.0 Å². The minimum absolute atomic E-state index is 0.0901. The van der Waals surface area contributed by atoms with Gasteiger partial charge in [-0.1, -0.05) is 31.2 Å². The zero-order chi connectivity index (χ0) is 23.9. The average Bonchev–Trinajstić information content (AvgIpc) is 2.85. The summed E-state index contributed by atoms with van der Waals surface area (Å²) in [6.45, 7) is 10.0. The van der Waals surface area contributed by atoms with E-state index in [1.807, 2.05) is 31.2 Å². The molecular formula is C28H24N2O4. The van der Waals surface area contributed by atoms with Crippen LogP contribution in [0.1, 0.15) is 24.5 Å². The molecule has 4 rings (SSSR count). The molecule has 170 valence electrons. The number of phenols is 1. The van der Waals surface area contributed by atoms with Crippen molar-refractivity contribution in [1.29, 1.82) is 0 Å². The monoisotopic (exact) mass is 452 g/mol. The van der Waals surface area contributed by atoms with Crippen molar-refractivity contribution in [3.05, 3.63) is 95.5 Å². The third-order valence-electron chi connectivity index (χ3n) is 5.25. The molecule has 0 bridgehead atoms. The summed E-state index contributed by atoms with van der Waals surface area (Å²) >= 11 is 0. The molecule has 1 heterocycles. The number of aromatic hydroxyl groups is 1. The van der Waals surface area contributed by atoms with Crippen LogP contribution in [0.5, 0.6) is 23.0 Å². The average molecular weight is 453 g/mol. The fourth-order valence-corrected chi connectivity index (χ4v) is 3.57. The van der Waals surface area contributed by atoms with E-state index in [0.29, 0.717) is 47.9 Å². The summed E-state index contributed by atoms with van der Waals surface area (Å²) < 4.78 is 11.8. The maximum absolute atomic E-state index is 12.4. The Morgan fingerprint density at radius 3 is 2.29 bits per heavy atom. The number of pyridine rings is 1. The number of Topliss-reactive ketones (excluding diaryl/α,β-unsaturated/α-hetero) is 1. The van der Waals surface area contributed by atoms with Gasteiger partial charge < -0.3 is 14.6 Å². The summed E-state index contributed by atoms with van der Waals surface area (Å²) in [4.78, 5) is 20.4. The topological polar surface area (TPSA) is 73.0 Å². The van der Waals surface area contributed by atoms with Crippen molar-refractivity contribution >= 4 is 22.4 Å². The fraction of sp³-hybridized carbons (Fsp3) is 0.179. The SMILES string of the molecule is [C-]#[N+]c1cc2c(Oc3ccc(CC(=O)Cc4ccc(O)cc4)cc3)ccnc2cc1OCCC. The lowest BCUT2D eigenvalue weighted by Crippen LogP contribution is -2.06. The number of fused-ring (bicyclic) bond motifs is 1. The van der Waals surface area contributed by atoms with Crippen LogP contribution in [0.15, 0.2) is 72.9 Å². The molecular weight excluding hydrogens is 428 g/mol. The largest absolute Gasteiger partial charge is 0.508 e. The summed E-state index contributed by atoms with van der Waals surface area (Å²) in [7, 11) is 0. The molecule has 0 atom stereocenters. The number of carbonyl (C=O) groups is 1. The number of rotatable bonds is 9. The van der Waals surface area contributed by atoms with E-state index < -0.39 is 0 Å². The molecule has 0 aliphatic rings. The molecule has 0 saturated heterocycles. The molecule has 3 aromatic carbocycles. The molecule has 6 heteroatoms. The standard InChI is InChI=1S/C28H24N2O4/c1-3-14-33-28-18-25-24(17-26(28)29-2)27(12-13-30-25)34-23-10-6-20(7-11-23)16-22(32)15-19-4-8-21(31)9-5-19/h4-13,17-18,31H,3,14-16H2,1H3. The normalized spacial score (nSPS) is 10.6. The van der Waals surface area contributed by atoms with Gasteiger partial charge in [0.05, 0.1) is 18.7 Å². The Morgan fingerprint density at radius 2 is 1.65 bits per heavy atom.